The summed E-state index contributed by atoms with van der Waals surface area (Å²) in [6.07, 6.45) is 52.1. The van der Waals surface area contributed by atoms with E-state index in [-0.39, 0.29) is 12.8 Å². The molecule has 12 heteroatoms. The number of nitrogens with one attached hydrogen (secondary N) is 1. The molecule has 0 saturated carbocycles. The number of hydrogen-bond acceptors (Lipinski definition) is 8. The Labute approximate surface area is 369 Å². The highest BCUT2D eigenvalue weighted by Crippen LogP contribution is 2.43. The van der Waals surface area contributed by atoms with Crippen LogP contribution in [0.1, 0.15) is 187 Å². The van der Waals surface area contributed by atoms with Crippen molar-refractivity contribution in [2.75, 3.05) is 19.8 Å². The van der Waals surface area contributed by atoms with Gasteiger partial charge in [-0.3, -0.25) is 18.6 Å². The summed E-state index contributed by atoms with van der Waals surface area (Å²) in [5.74, 6) is -2.40. The van der Waals surface area contributed by atoms with E-state index in [9.17, 15) is 34.1 Å². The van der Waals surface area contributed by atoms with Crippen LogP contribution in [-0.2, 0) is 32.7 Å². The highest BCUT2D eigenvalue weighted by molar-refractivity contribution is 7.47. The van der Waals surface area contributed by atoms with Crippen LogP contribution in [0.15, 0.2) is 72.9 Å². The molecule has 0 saturated heterocycles. The number of aliphatic hydroxyl groups is 1. The highest BCUT2D eigenvalue weighted by Gasteiger charge is 2.28. The van der Waals surface area contributed by atoms with Crippen molar-refractivity contribution in [1.29, 1.82) is 0 Å². The molecule has 0 aromatic rings. The standard InChI is InChI=1S/C49H84NO10P/c1-3-5-7-9-11-13-15-17-19-20-21-22-23-24-25-26-27-29-31-33-35-37-39-41-48(53)58-42-45(51)43-59-61(56,57)60-44-46(49(54)55)50-47(52)40-38-36-34-32-30-28-18-16-14-12-10-8-6-4-2/h5,7,11,13,17,19,21-22,24-25,27,29,45-46,51H,3-4,6,8-10,12,14-16,18,20,23,26,28,30-44H2,1-2H3,(H,50,52)(H,54,55)(H,56,57)/b7-5-,13-11-,19-17-,22-21-,25-24-,29-27-. The van der Waals surface area contributed by atoms with Crippen LogP contribution >= 0.6 is 7.82 Å². The minimum atomic E-state index is -4.77. The summed E-state index contributed by atoms with van der Waals surface area (Å²) in [5.41, 5.74) is 0. The number of carbonyl (C=O) groups excluding carboxylic acids is 2. The fourth-order valence-electron chi connectivity index (χ4n) is 6.14. The van der Waals surface area contributed by atoms with Crippen molar-refractivity contribution in [1.82, 2.24) is 5.32 Å². The molecule has 0 spiro atoms. The summed E-state index contributed by atoms with van der Waals surface area (Å²) in [4.78, 5) is 46.0. The number of rotatable bonds is 43. The van der Waals surface area contributed by atoms with Crippen LogP contribution in [0.5, 0.6) is 0 Å². The summed E-state index contributed by atoms with van der Waals surface area (Å²) in [6, 6.07) is -1.55. The second-order valence-electron chi connectivity index (χ2n) is 15.6. The third kappa shape index (κ3) is 43.4. The minimum Gasteiger partial charge on any atom is -0.480 e. The average Bonchev–Trinajstić information content (AvgIpc) is 3.24. The Bertz CT molecular complexity index is 1310. The number of aliphatic carboxylic acids is 1. The van der Waals surface area contributed by atoms with Gasteiger partial charge in [-0.15, -0.1) is 0 Å². The lowest BCUT2D eigenvalue weighted by Gasteiger charge is -2.18. The van der Waals surface area contributed by atoms with Crippen LogP contribution < -0.4 is 5.32 Å². The van der Waals surface area contributed by atoms with E-state index in [1.165, 1.54) is 64.2 Å². The maximum absolute atomic E-state index is 12.3. The fraction of sp³-hybridized carbons (Fsp3) is 0.694. The largest absolute Gasteiger partial charge is 0.480 e. The van der Waals surface area contributed by atoms with Gasteiger partial charge in [0, 0.05) is 12.8 Å². The van der Waals surface area contributed by atoms with Crippen molar-refractivity contribution >= 4 is 25.7 Å². The molecule has 0 aromatic heterocycles. The minimum absolute atomic E-state index is 0.144. The van der Waals surface area contributed by atoms with Gasteiger partial charge < -0.3 is 25.2 Å². The van der Waals surface area contributed by atoms with Gasteiger partial charge in [-0.1, -0.05) is 183 Å². The monoisotopic (exact) mass is 878 g/mol. The maximum atomic E-state index is 12.3. The van der Waals surface area contributed by atoms with Crippen molar-refractivity contribution in [3.05, 3.63) is 72.9 Å². The zero-order valence-electron chi connectivity index (χ0n) is 37.9. The van der Waals surface area contributed by atoms with E-state index < -0.39 is 57.6 Å². The summed E-state index contributed by atoms with van der Waals surface area (Å²) < 4.78 is 26.9. The molecular formula is C49H84NO10P. The number of phosphoric ester groups is 1. The number of carboxylic acid groups (broad SMARTS) is 1. The number of phosphoric acid groups is 1. The Morgan fingerprint density at radius 2 is 0.951 bits per heavy atom. The van der Waals surface area contributed by atoms with E-state index in [2.05, 4.69) is 92.1 Å². The van der Waals surface area contributed by atoms with Gasteiger partial charge in [0.25, 0.3) is 0 Å². The lowest BCUT2D eigenvalue weighted by atomic mass is 10.0. The first-order valence-corrected chi connectivity index (χ1v) is 25.0. The topological polar surface area (TPSA) is 169 Å². The SMILES string of the molecule is CC/C=C\C/C=C\C/C=C\C/C=C\C/C=C\C/C=C\CCCCCCC(=O)OCC(O)COP(=O)(O)OCC(NC(=O)CCCCCCCCCCCCCCCC)C(=O)O. The molecule has 0 rings (SSSR count). The van der Waals surface area contributed by atoms with Crippen molar-refractivity contribution < 1.29 is 47.8 Å². The number of carboxylic acids is 1. The number of carbonyl (C=O) groups is 3. The predicted octanol–water partition coefficient (Wildman–Crippen LogP) is 12.5. The van der Waals surface area contributed by atoms with Crippen LogP contribution in [0.25, 0.3) is 0 Å². The van der Waals surface area contributed by atoms with Crippen molar-refractivity contribution in [2.24, 2.45) is 0 Å². The summed E-state index contributed by atoms with van der Waals surface area (Å²) in [7, 11) is -4.77. The van der Waals surface area contributed by atoms with Crippen molar-refractivity contribution in [3.8, 4) is 0 Å². The van der Waals surface area contributed by atoms with E-state index in [0.717, 1.165) is 83.5 Å². The molecule has 3 atom stereocenters. The molecular weight excluding hydrogens is 794 g/mol. The van der Waals surface area contributed by atoms with E-state index in [1.807, 2.05) is 0 Å². The molecule has 61 heavy (non-hydrogen) atoms. The number of esters is 1. The Morgan fingerprint density at radius 1 is 0.541 bits per heavy atom. The van der Waals surface area contributed by atoms with Crippen molar-refractivity contribution in [2.45, 2.75) is 199 Å². The summed E-state index contributed by atoms with van der Waals surface area (Å²) >= 11 is 0. The maximum Gasteiger partial charge on any atom is 0.472 e. The molecule has 0 radical (unpaired) electrons. The third-order valence-electron chi connectivity index (χ3n) is 9.76. The summed E-state index contributed by atoms with van der Waals surface area (Å²) in [6.45, 7) is 2.45. The second kappa shape index (κ2) is 43.6. The predicted molar refractivity (Wildman–Crippen MR) is 249 cm³/mol. The van der Waals surface area contributed by atoms with Gasteiger partial charge in [0.1, 0.15) is 12.7 Å². The molecule has 0 bridgehead atoms. The van der Waals surface area contributed by atoms with Gasteiger partial charge >= 0.3 is 19.8 Å². The summed E-state index contributed by atoms with van der Waals surface area (Å²) in [5, 5.41) is 21.9. The zero-order valence-corrected chi connectivity index (χ0v) is 38.8. The van der Waals surface area contributed by atoms with E-state index in [4.69, 9.17) is 13.8 Å². The fourth-order valence-corrected chi connectivity index (χ4v) is 6.91. The quantitative estimate of drug-likeness (QED) is 0.0200. The molecule has 11 nitrogen and oxygen atoms in total. The molecule has 0 aliphatic rings. The van der Waals surface area contributed by atoms with Gasteiger partial charge in [0.15, 0.2) is 6.04 Å². The van der Waals surface area contributed by atoms with Gasteiger partial charge in [-0.2, -0.15) is 0 Å². The zero-order chi connectivity index (χ0) is 44.9. The van der Waals surface area contributed by atoms with Gasteiger partial charge in [0.2, 0.25) is 5.91 Å². The van der Waals surface area contributed by atoms with E-state index in [1.54, 1.807) is 0 Å². The van der Waals surface area contributed by atoms with Gasteiger partial charge in [0.05, 0.1) is 13.2 Å². The molecule has 3 unspecified atom stereocenters. The molecule has 350 valence electrons. The number of unbranched alkanes of at least 4 members (excludes halogenated alkanes) is 17. The van der Waals surface area contributed by atoms with Crippen LogP contribution in [0.2, 0.25) is 0 Å². The second-order valence-corrected chi connectivity index (χ2v) is 17.0. The Hall–Kier alpha value is -3.08. The smallest absolute Gasteiger partial charge is 0.472 e. The highest BCUT2D eigenvalue weighted by atomic mass is 31.2. The van der Waals surface area contributed by atoms with Gasteiger partial charge in [-0.05, 0) is 64.2 Å². The van der Waals surface area contributed by atoms with Crippen LogP contribution in [0.3, 0.4) is 0 Å². The number of hydrogen-bond donors (Lipinski definition) is 4. The number of ether oxygens (including phenoxy) is 1. The number of aliphatic hydroxyl groups excluding tert-OH is 1. The molecule has 4 N–H and O–H groups in total. The first-order chi connectivity index (χ1) is 29.6. The van der Waals surface area contributed by atoms with Crippen LogP contribution in [0, 0.1) is 0 Å². The lowest BCUT2D eigenvalue weighted by Crippen LogP contribution is -2.43. The number of allylic oxidation sites excluding steroid dienone is 12. The molecule has 0 aromatic carbocycles. The van der Waals surface area contributed by atoms with Crippen LogP contribution in [0.4, 0.5) is 0 Å². The third-order valence-corrected chi connectivity index (χ3v) is 10.7. The molecule has 1 amide bonds. The lowest BCUT2D eigenvalue weighted by molar-refractivity contribution is -0.147. The molecule has 0 aliphatic heterocycles. The Balaban J connectivity index is 3.92. The average molecular weight is 878 g/mol. The first-order valence-electron chi connectivity index (χ1n) is 23.5. The molecule has 0 aliphatic carbocycles. The molecule has 0 fully saturated rings. The normalized spacial score (nSPS) is 14.3. The van der Waals surface area contributed by atoms with Gasteiger partial charge in [-0.25, -0.2) is 9.36 Å². The van der Waals surface area contributed by atoms with E-state index in [0.29, 0.717) is 12.8 Å². The van der Waals surface area contributed by atoms with Crippen LogP contribution in [-0.4, -0.2) is 64.9 Å². The van der Waals surface area contributed by atoms with E-state index >= 15 is 0 Å². The first kappa shape index (κ1) is 57.9. The Morgan fingerprint density at radius 3 is 1.43 bits per heavy atom. The van der Waals surface area contributed by atoms with Crippen molar-refractivity contribution in [3.63, 3.8) is 0 Å². The Kier molecular flexibility index (Phi) is 41.4. The molecule has 0 heterocycles. The number of amides is 1.